The van der Waals surface area contributed by atoms with Crippen LogP contribution < -0.4 is 15.8 Å². The standard InChI is InChI=1S/C23H25ClF3N5O2S/c1-4-16-19(29-17-11-32(12-18(17)34-5-2)22-28-8-9-35-22)21(33)31(3)20(30-16)14-7-6-13(10-15(14)24)23(25,26)27/h6-10,17-18,29H,4-5,11-12H2,1-3H3/t17?,18-/m0/s1. The van der Waals surface area contributed by atoms with Crippen LogP contribution in [-0.2, 0) is 24.4 Å². The molecule has 0 bridgehead atoms. The van der Waals surface area contributed by atoms with E-state index in [0.717, 1.165) is 17.3 Å². The molecule has 12 heteroatoms. The molecule has 2 aromatic heterocycles. The van der Waals surface area contributed by atoms with Crippen LogP contribution in [0.2, 0.25) is 5.02 Å². The average Bonchev–Trinajstić information content (AvgIpc) is 3.47. The number of anilines is 2. The lowest BCUT2D eigenvalue weighted by Crippen LogP contribution is -2.38. The molecule has 7 nitrogen and oxygen atoms in total. The van der Waals surface area contributed by atoms with E-state index in [0.29, 0.717) is 37.5 Å². The number of nitrogens with zero attached hydrogens (tertiary/aromatic N) is 4. The number of rotatable bonds is 7. The van der Waals surface area contributed by atoms with Gasteiger partial charge in [0.05, 0.1) is 28.4 Å². The number of halogens is 4. The van der Waals surface area contributed by atoms with Crippen molar-refractivity contribution in [3.05, 3.63) is 56.4 Å². The maximum Gasteiger partial charge on any atom is 0.416 e. The molecule has 35 heavy (non-hydrogen) atoms. The van der Waals surface area contributed by atoms with E-state index < -0.39 is 11.7 Å². The van der Waals surface area contributed by atoms with Crippen molar-refractivity contribution < 1.29 is 17.9 Å². The van der Waals surface area contributed by atoms with Crippen molar-refractivity contribution in [2.75, 3.05) is 29.9 Å². The van der Waals surface area contributed by atoms with Gasteiger partial charge in [0.1, 0.15) is 11.5 Å². The molecule has 0 saturated carbocycles. The zero-order valence-corrected chi connectivity index (χ0v) is 21.0. The molecule has 188 valence electrons. The zero-order chi connectivity index (χ0) is 25.3. The van der Waals surface area contributed by atoms with Crippen molar-refractivity contribution >= 4 is 33.8 Å². The van der Waals surface area contributed by atoms with Crippen LogP contribution in [0, 0.1) is 0 Å². The molecule has 1 N–H and O–H groups in total. The van der Waals surface area contributed by atoms with Gasteiger partial charge >= 0.3 is 6.18 Å². The monoisotopic (exact) mass is 527 g/mol. The van der Waals surface area contributed by atoms with Crippen molar-refractivity contribution in [3.63, 3.8) is 0 Å². The third-order valence-corrected chi connectivity index (χ3v) is 7.05. The molecule has 1 saturated heterocycles. The van der Waals surface area contributed by atoms with Crippen LogP contribution in [0.15, 0.2) is 34.6 Å². The number of thiazole rings is 1. The third-order valence-electron chi connectivity index (χ3n) is 5.90. The van der Waals surface area contributed by atoms with Gasteiger partial charge in [-0.25, -0.2) is 9.97 Å². The Hall–Kier alpha value is -2.63. The fourth-order valence-corrected chi connectivity index (χ4v) is 5.10. The summed E-state index contributed by atoms with van der Waals surface area (Å²) in [5.41, 5.74) is -0.105. The Morgan fingerprint density at radius 1 is 1.29 bits per heavy atom. The van der Waals surface area contributed by atoms with E-state index in [1.54, 1.807) is 6.20 Å². The molecular weight excluding hydrogens is 503 g/mol. The Labute approximate surface area is 209 Å². The maximum atomic E-state index is 13.4. The van der Waals surface area contributed by atoms with E-state index in [1.165, 1.54) is 29.0 Å². The van der Waals surface area contributed by atoms with Gasteiger partial charge in [0.2, 0.25) is 0 Å². The summed E-state index contributed by atoms with van der Waals surface area (Å²) < 4.78 is 46.4. The van der Waals surface area contributed by atoms with Gasteiger partial charge in [-0.15, -0.1) is 11.3 Å². The van der Waals surface area contributed by atoms with E-state index in [9.17, 15) is 18.0 Å². The van der Waals surface area contributed by atoms with Gasteiger partial charge < -0.3 is 15.0 Å². The first-order valence-electron chi connectivity index (χ1n) is 11.1. The van der Waals surface area contributed by atoms with Crippen LogP contribution in [0.3, 0.4) is 0 Å². The molecule has 1 aliphatic rings. The number of benzene rings is 1. The molecule has 1 unspecified atom stereocenters. The van der Waals surface area contributed by atoms with Gasteiger partial charge in [0, 0.05) is 43.9 Å². The van der Waals surface area contributed by atoms with E-state index in [-0.39, 0.29) is 34.1 Å². The molecule has 4 rings (SSSR count). The van der Waals surface area contributed by atoms with Crippen molar-refractivity contribution in [2.45, 2.75) is 38.6 Å². The lowest BCUT2D eigenvalue weighted by molar-refractivity contribution is -0.137. The summed E-state index contributed by atoms with van der Waals surface area (Å²) in [6.45, 7) is 5.53. The highest BCUT2D eigenvalue weighted by Crippen LogP contribution is 2.35. The predicted molar refractivity (Wildman–Crippen MR) is 131 cm³/mol. The minimum atomic E-state index is -4.52. The van der Waals surface area contributed by atoms with Gasteiger partial charge in [0.25, 0.3) is 5.56 Å². The summed E-state index contributed by atoms with van der Waals surface area (Å²) in [7, 11) is 1.53. The second-order valence-corrected chi connectivity index (χ2v) is 9.41. The fourth-order valence-electron chi connectivity index (χ4n) is 4.17. The molecule has 0 amide bonds. The Morgan fingerprint density at radius 3 is 2.66 bits per heavy atom. The smallest absolute Gasteiger partial charge is 0.374 e. The molecule has 1 fully saturated rings. The van der Waals surface area contributed by atoms with E-state index in [2.05, 4.69) is 20.2 Å². The molecule has 2 atom stereocenters. The minimum Gasteiger partial charge on any atom is -0.374 e. The Bertz CT molecular complexity index is 1250. The van der Waals surface area contributed by atoms with Crippen LogP contribution in [0.5, 0.6) is 0 Å². The van der Waals surface area contributed by atoms with Crippen LogP contribution in [0.25, 0.3) is 11.4 Å². The molecule has 0 spiro atoms. The van der Waals surface area contributed by atoms with Gasteiger partial charge in [0.15, 0.2) is 5.13 Å². The summed E-state index contributed by atoms with van der Waals surface area (Å²) in [5.74, 6) is 0.202. The topological polar surface area (TPSA) is 72.3 Å². The molecule has 3 aromatic rings. The van der Waals surface area contributed by atoms with Gasteiger partial charge in [-0.05, 0) is 31.5 Å². The Kier molecular flexibility index (Phi) is 7.39. The first-order valence-corrected chi connectivity index (χ1v) is 12.4. The minimum absolute atomic E-state index is 0.128. The second kappa shape index (κ2) is 10.2. The van der Waals surface area contributed by atoms with Crippen LogP contribution in [0.4, 0.5) is 24.0 Å². The van der Waals surface area contributed by atoms with Crippen molar-refractivity contribution in [1.82, 2.24) is 14.5 Å². The fraction of sp³-hybridized carbons (Fsp3) is 0.435. The summed E-state index contributed by atoms with van der Waals surface area (Å²) >= 11 is 7.72. The predicted octanol–water partition coefficient (Wildman–Crippen LogP) is 4.84. The molecule has 3 heterocycles. The number of alkyl halides is 3. The van der Waals surface area contributed by atoms with Crippen LogP contribution in [-0.4, -0.2) is 46.4 Å². The average molecular weight is 528 g/mol. The summed E-state index contributed by atoms with van der Waals surface area (Å²) in [6, 6.07) is 2.84. The highest BCUT2D eigenvalue weighted by molar-refractivity contribution is 7.13. The van der Waals surface area contributed by atoms with E-state index >= 15 is 0 Å². The number of ether oxygens (including phenoxy) is 1. The van der Waals surface area contributed by atoms with Crippen molar-refractivity contribution in [3.8, 4) is 11.4 Å². The number of hydrogen-bond acceptors (Lipinski definition) is 7. The normalized spacial score (nSPS) is 18.3. The van der Waals surface area contributed by atoms with E-state index in [1.807, 2.05) is 19.2 Å². The summed E-state index contributed by atoms with van der Waals surface area (Å²) in [4.78, 5) is 24.5. The molecular formula is C23H25ClF3N5O2S. The highest BCUT2D eigenvalue weighted by atomic mass is 35.5. The van der Waals surface area contributed by atoms with Crippen molar-refractivity contribution in [2.24, 2.45) is 7.05 Å². The van der Waals surface area contributed by atoms with Crippen LogP contribution >= 0.6 is 22.9 Å². The number of nitrogens with one attached hydrogen (secondary N) is 1. The van der Waals surface area contributed by atoms with Gasteiger partial charge in [-0.3, -0.25) is 9.36 Å². The largest absolute Gasteiger partial charge is 0.416 e. The molecule has 1 aromatic carbocycles. The summed E-state index contributed by atoms with van der Waals surface area (Å²) in [5, 5.41) is 6.01. The second-order valence-electron chi connectivity index (χ2n) is 8.13. The molecule has 0 radical (unpaired) electrons. The van der Waals surface area contributed by atoms with Gasteiger partial charge in [-0.2, -0.15) is 13.2 Å². The van der Waals surface area contributed by atoms with Crippen LogP contribution in [0.1, 0.15) is 25.1 Å². The number of aromatic nitrogens is 3. The summed E-state index contributed by atoms with van der Waals surface area (Å²) in [6.07, 6.45) is -2.50. The number of aryl methyl sites for hydroxylation is 1. The lowest BCUT2D eigenvalue weighted by atomic mass is 10.1. The van der Waals surface area contributed by atoms with Gasteiger partial charge in [-0.1, -0.05) is 18.5 Å². The first kappa shape index (κ1) is 25.5. The first-order chi connectivity index (χ1) is 16.6. The maximum absolute atomic E-state index is 13.4. The SMILES string of the molecule is CCO[C@H]1CN(c2nccs2)CC1Nc1c(CC)nc(-c2ccc(C(F)(F)F)cc2Cl)n(C)c1=O. The number of hydrogen-bond donors (Lipinski definition) is 1. The lowest BCUT2D eigenvalue weighted by Gasteiger charge is -2.22. The zero-order valence-electron chi connectivity index (χ0n) is 19.4. The van der Waals surface area contributed by atoms with E-state index in [4.69, 9.17) is 16.3 Å². The quantitative estimate of drug-likeness (QED) is 0.474. The Morgan fingerprint density at radius 2 is 2.06 bits per heavy atom. The molecule has 0 aliphatic carbocycles. The third kappa shape index (κ3) is 5.17. The Balaban J connectivity index is 1.68. The highest BCUT2D eigenvalue weighted by Gasteiger charge is 2.36. The molecule has 1 aliphatic heterocycles. The van der Waals surface area contributed by atoms with Crippen molar-refractivity contribution in [1.29, 1.82) is 0 Å².